The second-order valence-electron chi connectivity index (χ2n) is 9.67. The highest BCUT2D eigenvalue weighted by Gasteiger charge is 2.41. The molecule has 1 aliphatic carbocycles. The van der Waals surface area contributed by atoms with Crippen molar-refractivity contribution in [1.29, 1.82) is 0 Å². The fourth-order valence-electron chi connectivity index (χ4n) is 5.17. The maximum Gasteiger partial charge on any atom is 0.273 e. The quantitative estimate of drug-likeness (QED) is 0.695. The summed E-state index contributed by atoms with van der Waals surface area (Å²) in [6.45, 7) is 4.16. The van der Waals surface area contributed by atoms with Crippen LogP contribution in [0.4, 0.5) is 4.39 Å². The van der Waals surface area contributed by atoms with Gasteiger partial charge in [0.1, 0.15) is 11.5 Å². The maximum atomic E-state index is 14.0. The second kappa shape index (κ2) is 9.78. The van der Waals surface area contributed by atoms with Gasteiger partial charge in [-0.05, 0) is 55.4 Å². The van der Waals surface area contributed by atoms with Gasteiger partial charge in [-0.3, -0.25) is 9.69 Å². The van der Waals surface area contributed by atoms with Gasteiger partial charge >= 0.3 is 0 Å². The Balaban J connectivity index is 1.18. The molecule has 3 aliphatic rings. The van der Waals surface area contributed by atoms with Crippen LogP contribution in [0.25, 0.3) is 0 Å². The number of carbonyl (C=O) groups is 1. The van der Waals surface area contributed by atoms with Crippen LogP contribution >= 0.6 is 11.3 Å². The molecule has 6 nitrogen and oxygen atoms in total. The fourth-order valence-corrected chi connectivity index (χ4v) is 6.14. The van der Waals surface area contributed by atoms with E-state index in [1.54, 1.807) is 17.4 Å². The van der Waals surface area contributed by atoms with E-state index in [1.807, 2.05) is 16.3 Å². The van der Waals surface area contributed by atoms with Gasteiger partial charge in [-0.1, -0.05) is 12.5 Å². The van der Waals surface area contributed by atoms with Crippen molar-refractivity contribution in [1.82, 2.24) is 14.8 Å². The summed E-state index contributed by atoms with van der Waals surface area (Å²) in [6, 6.07) is 5.05. The highest BCUT2D eigenvalue weighted by molar-refractivity contribution is 7.09. The second-order valence-corrected chi connectivity index (χ2v) is 10.6. The normalized spacial score (nSPS) is 21.3. The van der Waals surface area contributed by atoms with E-state index in [1.165, 1.54) is 25.3 Å². The molecule has 33 heavy (non-hydrogen) atoms. The van der Waals surface area contributed by atoms with Gasteiger partial charge in [0, 0.05) is 44.1 Å². The number of morpholine rings is 1. The molecule has 1 saturated carbocycles. The van der Waals surface area contributed by atoms with E-state index in [-0.39, 0.29) is 23.9 Å². The Hall–Kier alpha value is -1.87. The van der Waals surface area contributed by atoms with Crippen molar-refractivity contribution >= 4 is 17.2 Å². The highest BCUT2D eigenvalue weighted by atomic mass is 32.1. The molecule has 0 radical (unpaired) electrons. The van der Waals surface area contributed by atoms with Gasteiger partial charge in [0.05, 0.1) is 23.8 Å². The number of likely N-dealkylation sites (tertiary alicyclic amines) is 1. The number of halogens is 1. The van der Waals surface area contributed by atoms with Crippen LogP contribution in [-0.4, -0.2) is 70.8 Å². The molecule has 178 valence electrons. The van der Waals surface area contributed by atoms with Crippen molar-refractivity contribution < 1.29 is 19.0 Å². The van der Waals surface area contributed by atoms with Crippen molar-refractivity contribution in [2.24, 2.45) is 0 Å². The summed E-state index contributed by atoms with van der Waals surface area (Å²) >= 11 is 1.62. The van der Waals surface area contributed by atoms with Gasteiger partial charge in [-0.25, -0.2) is 9.37 Å². The lowest BCUT2D eigenvalue weighted by Gasteiger charge is -2.47. The summed E-state index contributed by atoms with van der Waals surface area (Å²) in [6.07, 6.45) is 5.81. The van der Waals surface area contributed by atoms with E-state index < -0.39 is 0 Å². The average molecular weight is 474 g/mol. The topological polar surface area (TPSA) is 65.9 Å². The molecule has 3 heterocycles. The predicted octanol–water partition coefficient (Wildman–Crippen LogP) is 3.59. The minimum Gasteiger partial charge on any atom is -0.396 e. The summed E-state index contributed by atoms with van der Waals surface area (Å²) in [5.41, 5.74) is 2.04. The van der Waals surface area contributed by atoms with Crippen molar-refractivity contribution in [3.05, 3.63) is 51.2 Å². The zero-order chi connectivity index (χ0) is 22.8. The molecule has 1 aromatic heterocycles. The summed E-state index contributed by atoms with van der Waals surface area (Å²) in [5.74, 6) is 0.324. The number of aromatic nitrogens is 1. The summed E-state index contributed by atoms with van der Waals surface area (Å²) in [4.78, 5) is 22.0. The van der Waals surface area contributed by atoms with Crippen molar-refractivity contribution in [2.75, 3.05) is 39.4 Å². The molecule has 5 rings (SSSR count). The SMILES string of the molecule is O=C(c1csc(C2CCC2)n1)N1CCOC2(CCN(Cc3cc(F)cc(CCO)c3)CC2)C1. The van der Waals surface area contributed by atoms with E-state index in [9.17, 15) is 9.18 Å². The lowest BCUT2D eigenvalue weighted by molar-refractivity contribution is -0.128. The number of rotatable bonds is 6. The van der Waals surface area contributed by atoms with E-state index in [4.69, 9.17) is 9.84 Å². The van der Waals surface area contributed by atoms with Crippen molar-refractivity contribution in [3.8, 4) is 0 Å². The molecule has 2 saturated heterocycles. The van der Waals surface area contributed by atoms with Gasteiger partial charge in [0.15, 0.2) is 0 Å². The number of aliphatic hydroxyl groups is 1. The van der Waals surface area contributed by atoms with E-state index in [2.05, 4.69) is 9.88 Å². The van der Waals surface area contributed by atoms with E-state index >= 15 is 0 Å². The molecule has 1 spiro atoms. The number of amides is 1. The first kappa shape index (κ1) is 22.9. The number of thiazole rings is 1. The molecule has 1 N–H and O–H groups in total. The van der Waals surface area contributed by atoms with Crippen molar-refractivity contribution in [2.45, 2.75) is 56.6 Å². The zero-order valence-electron chi connectivity index (χ0n) is 19.0. The Morgan fingerprint density at radius 3 is 2.73 bits per heavy atom. The third-order valence-corrected chi connectivity index (χ3v) is 8.33. The average Bonchev–Trinajstić information content (AvgIpc) is 3.23. The number of carbonyl (C=O) groups excluding carboxylic acids is 1. The van der Waals surface area contributed by atoms with Crippen molar-refractivity contribution in [3.63, 3.8) is 0 Å². The maximum absolute atomic E-state index is 14.0. The molecule has 0 unspecified atom stereocenters. The Morgan fingerprint density at radius 1 is 1.21 bits per heavy atom. The Bertz CT molecular complexity index is 985. The largest absolute Gasteiger partial charge is 0.396 e. The third-order valence-electron chi connectivity index (χ3n) is 7.32. The third kappa shape index (κ3) is 5.14. The van der Waals surface area contributed by atoms with Gasteiger partial charge < -0.3 is 14.7 Å². The summed E-state index contributed by atoms with van der Waals surface area (Å²) in [5, 5.41) is 12.2. The molecule has 3 fully saturated rings. The first-order valence-corrected chi connectivity index (χ1v) is 12.9. The first-order chi connectivity index (χ1) is 16.0. The first-order valence-electron chi connectivity index (χ1n) is 12.0. The lowest BCUT2D eigenvalue weighted by atomic mass is 9.86. The highest BCUT2D eigenvalue weighted by Crippen LogP contribution is 2.38. The monoisotopic (exact) mass is 473 g/mol. The molecule has 1 aromatic carbocycles. The number of hydrogen-bond acceptors (Lipinski definition) is 6. The van der Waals surface area contributed by atoms with Crippen LogP contribution in [-0.2, 0) is 17.7 Å². The van der Waals surface area contributed by atoms with Gasteiger partial charge in [0.25, 0.3) is 5.91 Å². The molecule has 1 amide bonds. The zero-order valence-corrected chi connectivity index (χ0v) is 19.8. The molecule has 2 aliphatic heterocycles. The van der Waals surface area contributed by atoms with E-state index in [0.29, 0.717) is 44.3 Å². The van der Waals surface area contributed by atoms with Crippen LogP contribution in [0, 0.1) is 5.82 Å². The number of piperidine rings is 1. The fraction of sp³-hybridized carbons (Fsp3) is 0.600. The predicted molar refractivity (Wildman–Crippen MR) is 125 cm³/mol. The lowest BCUT2D eigenvalue weighted by Crippen LogP contribution is -2.58. The van der Waals surface area contributed by atoms with Crippen LogP contribution in [0.1, 0.15) is 64.6 Å². The molecule has 0 bridgehead atoms. The molecular formula is C25H32FN3O3S. The number of ether oxygens (including phenoxy) is 1. The van der Waals surface area contributed by atoms with E-state index in [0.717, 1.165) is 42.1 Å². The van der Waals surface area contributed by atoms with Gasteiger partial charge in [-0.2, -0.15) is 0 Å². The summed E-state index contributed by atoms with van der Waals surface area (Å²) in [7, 11) is 0. The van der Waals surface area contributed by atoms with Gasteiger partial charge in [0.2, 0.25) is 0 Å². The minimum absolute atomic E-state index is 0.0183. The van der Waals surface area contributed by atoms with Crippen LogP contribution in [0.2, 0.25) is 0 Å². The van der Waals surface area contributed by atoms with Crippen LogP contribution in [0.5, 0.6) is 0 Å². The van der Waals surface area contributed by atoms with Gasteiger partial charge in [-0.15, -0.1) is 11.3 Å². The molecule has 8 heteroatoms. The Labute approximate surface area is 198 Å². The Kier molecular flexibility index (Phi) is 6.79. The number of hydrogen-bond donors (Lipinski definition) is 1. The standard InChI is InChI=1S/C25H32FN3O3S/c26-21-13-18(4-10-30)12-19(14-21)15-28-7-5-25(6-8-28)17-29(9-11-32-25)24(31)22-16-33-23(27-22)20-2-1-3-20/h12-14,16,20,30H,1-11,15,17H2. The molecular weight excluding hydrogens is 441 g/mol. The smallest absolute Gasteiger partial charge is 0.273 e. The minimum atomic E-state index is -0.304. The molecule has 0 atom stereocenters. The summed E-state index contributed by atoms with van der Waals surface area (Å²) < 4.78 is 20.2. The van der Waals surface area contributed by atoms with Crippen LogP contribution < -0.4 is 0 Å². The molecule has 2 aromatic rings. The number of nitrogens with zero attached hydrogens (tertiary/aromatic N) is 3. The van der Waals surface area contributed by atoms with Crippen LogP contribution in [0.3, 0.4) is 0 Å². The van der Waals surface area contributed by atoms with Crippen LogP contribution in [0.15, 0.2) is 23.6 Å². The number of benzene rings is 1. The number of aliphatic hydroxyl groups excluding tert-OH is 1. The Morgan fingerprint density at radius 2 is 2.00 bits per heavy atom.